The predicted molar refractivity (Wildman–Crippen MR) is 54.8 cm³/mol. The van der Waals surface area contributed by atoms with Crippen LogP contribution in [0.3, 0.4) is 0 Å². The number of ether oxygens (including phenoxy) is 1. The molecule has 0 aliphatic heterocycles. The molecule has 0 unspecified atom stereocenters. The van der Waals surface area contributed by atoms with Crippen molar-refractivity contribution >= 4 is 11.8 Å². The summed E-state index contributed by atoms with van der Waals surface area (Å²) >= 11 is 0. The molecule has 0 atom stereocenters. The lowest BCUT2D eigenvalue weighted by molar-refractivity contribution is -0.145. The fourth-order valence-corrected chi connectivity index (χ4v) is 1.12. The van der Waals surface area contributed by atoms with Crippen molar-refractivity contribution < 1.29 is 14.3 Å². The Labute approximate surface area is 91.9 Å². The third kappa shape index (κ3) is 3.64. The van der Waals surface area contributed by atoms with Crippen molar-refractivity contribution in [2.75, 3.05) is 6.61 Å². The molecule has 16 heavy (non-hydrogen) atoms. The third-order valence-electron chi connectivity index (χ3n) is 1.79. The van der Waals surface area contributed by atoms with Gasteiger partial charge in [0.05, 0.1) is 19.5 Å². The van der Waals surface area contributed by atoms with Gasteiger partial charge in [0, 0.05) is 12.3 Å². The smallest absolute Gasteiger partial charge is 0.313 e. The maximum Gasteiger partial charge on any atom is 0.313 e. The Balaban J connectivity index is 2.56. The van der Waals surface area contributed by atoms with Crippen molar-refractivity contribution in [3.63, 3.8) is 0 Å². The average molecular weight is 224 g/mol. The molecule has 0 radical (unpaired) electrons. The summed E-state index contributed by atoms with van der Waals surface area (Å²) in [5.41, 5.74) is -0.327. The van der Waals surface area contributed by atoms with Gasteiger partial charge >= 0.3 is 5.97 Å². The number of carbonyl (C=O) groups is 2. The van der Waals surface area contributed by atoms with Crippen LogP contribution in [-0.4, -0.2) is 27.9 Å². The highest BCUT2D eigenvalue weighted by molar-refractivity contribution is 5.95. The standard InChI is InChI=1S/C10H12N2O4/c1-2-16-10(15)5-8(13)6-12-7-11-4-3-9(12)14/h3-4,7H,2,5-6H2,1H3. The summed E-state index contributed by atoms with van der Waals surface area (Å²) in [4.78, 5) is 37.3. The van der Waals surface area contributed by atoms with Crippen molar-refractivity contribution in [1.82, 2.24) is 9.55 Å². The van der Waals surface area contributed by atoms with E-state index in [2.05, 4.69) is 9.72 Å². The molecule has 0 amide bonds. The minimum absolute atomic E-state index is 0.161. The first kappa shape index (κ1) is 12.1. The zero-order chi connectivity index (χ0) is 12.0. The Bertz CT molecular complexity index is 438. The lowest BCUT2D eigenvalue weighted by Gasteiger charge is -2.03. The van der Waals surface area contributed by atoms with Gasteiger partial charge in [0.1, 0.15) is 6.42 Å². The molecule has 0 aliphatic carbocycles. The fourth-order valence-electron chi connectivity index (χ4n) is 1.12. The van der Waals surface area contributed by atoms with Gasteiger partial charge in [0.25, 0.3) is 5.56 Å². The first-order valence-electron chi connectivity index (χ1n) is 4.81. The maximum absolute atomic E-state index is 11.4. The molecular weight excluding hydrogens is 212 g/mol. The van der Waals surface area contributed by atoms with E-state index in [0.29, 0.717) is 0 Å². The van der Waals surface area contributed by atoms with Crippen molar-refractivity contribution in [2.24, 2.45) is 0 Å². The second-order valence-electron chi connectivity index (χ2n) is 3.07. The molecule has 6 heteroatoms. The minimum atomic E-state index is -0.579. The van der Waals surface area contributed by atoms with Gasteiger partial charge in [-0.1, -0.05) is 0 Å². The van der Waals surface area contributed by atoms with Gasteiger partial charge in [-0.15, -0.1) is 0 Å². The Hall–Kier alpha value is -1.98. The number of hydrogen-bond acceptors (Lipinski definition) is 5. The van der Waals surface area contributed by atoms with Crippen LogP contribution in [0.4, 0.5) is 0 Å². The molecule has 0 aromatic carbocycles. The van der Waals surface area contributed by atoms with Gasteiger partial charge in [-0.25, -0.2) is 4.98 Å². The van der Waals surface area contributed by atoms with Crippen LogP contribution in [0, 0.1) is 0 Å². The molecule has 0 bridgehead atoms. The monoisotopic (exact) mass is 224 g/mol. The van der Waals surface area contributed by atoms with Crippen LogP contribution < -0.4 is 5.56 Å². The summed E-state index contributed by atoms with van der Waals surface area (Å²) in [6, 6.07) is 1.25. The van der Waals surface area contributed by atoms with Gasteiger partial charge in [-0.05, 0) is 6.92 Å². The van der Waals surface area contributed by atoms with E-state index in [-0.39, 0.29) is 30.9 Å². The normalized spacial score (nSPS) is 9.81. The van der Waals surface area contributed by atoms with E-state index in [0.717, 1.165) is 4.57 Å². The van der Waals surface area contributed by atoms with E-state index in [1.807, 2.05) is 0 Å². The SMILES string of the molecule is CCOC(=O)CC(=O)Cn1cnccc1=O. The molecule has 0 fully saturated rings. The number of aromatic nitrogens is 2. The van der Waals surface area contributed by atoms with Gasteiger partial charge in [0.15, 0.2) is 5.78 Å². The molecular formula is C10H12N2O4. The van der Waals surface area contributed by atoms with Crippen LogP contribution in [0.5, 0.6) is 0 Å². The average Bonchev–Trinajstić information content (AvgIpc) is 2.21. The molecule has 86 valence electrons. The Kier molecular flexibility index (Phi) is 4.38. The second kappa shape index (κ2) is 5.79. The topological polar surface area (TPSA) is 78.3 Å². The molecule has 1 heterocycles. The van der Waals surface area contributed by atoms with Crippen molar-refractivity contribution in [3.8, 4) is 0 Å². The number of Topliss-reactive ketones (excluding diaryl/α,β-unsaturated/α-hetero) is 1. The van der Waals surface area contributed by atoms with E-state index >= 15 is 0 Å². The number of nitrogens with zero attached hydrogens (tertiary/aromatic N) is 2. The van der Waals surface area contributed by atoms with E-state index in [4.69, 9.17) is 0 Å². The van der Waals surface area contributed by atoms with Gasteiger partial charge in [-0.3, -0.25) is 19.0 Å². The number of rotatable bonds is 5. The Morgan fingerprint density at radius 2 is 2.25 bits per heavy atom. The van der Waals surface area contributed by atoms with E-state index in [1.165, 1.54) is 18.6 Å². The molecule has 0 N–H and O–H groups in total. The van der Waals surface area contributed by atoms with Crippen molar-refractivity contribution in [1.29, 1.82) is 0 Å². The van der Waals surface area contributed by atoms with E-state index in [9.17, 15) is 14.4 Å². The number of hydrogen-bond donors (Lipinski definition) is 0. The summed E-state index contributed by atoms with van der Waals surface area (Å²) in [6.07, 6.45) is 2.27. The van der Waals surface area contributed by atoms with Gasteiger partial charge in [-0.2, -0.15) is 0 Å². The lowest BCUT2D eigenvalue weighted by Crippen LogP contribution is -2.24. The third-order valence-corrected chi connectivity index (χ3v) is 1.79. The summed E-state index contributed by atoms with van der Waals surface area (Å²) in [5.74, 6) is -0.960. The zero-order valence-corrected chi connectivity index (χ0v) is 8.88. The Morgan fingerprint density at radius 1 is 1.50 bits per heavy atom. The first-order valence-corrected chi connectivity index (χ1v) is 4.81. The highest BCUT2D eigenvalue weighted by Gasteiger charge is 2.11. The van der Waals surface area contributed by atoms with Crippen molar-refractivity contribution in [3.05, 3.63) is 28.9 Å². The zero-order valence-electron chi connectivity index (χ0n) is 8.88. The summed E-state index contributed by atoms with van der Waals surface area (Å²) < 4.78 is 5.76. The fraction of sp³-hybridized carbons (Fsp3) is 0.400. The predicted octanol–water partition coefficient (Wildman–Crippen LogP) is -0.234. The highest BCUT2D eigenvalue weighted by Crippen LogP contribution is 1.91. The second-order valence-corrected chi connectivity index (χ2v) is 3.07. The van der Waals surface area contributed by atoms with Crippen LogP contribution in [0.15, 0.2) is 23.4 Å². The summed E-state index contributed by atoms with van der Waals surface area (Å²) in [5, 5.41) is 0. The highest BCUT2D eigenvalue weighted by atomic mass is 16.5. The van der Waals surface area contributed by atoms with Gasteiger partial charge < -0.3 is 4.74 Å². The van der Waals surface area contributed by atoms with Crippen LogP contribution >= 0.6 is 0 Å². The molecule has 1 aromatic heterocycles. The quantitative estimate of drug-likeness (QED) is 0.509. The molecule has 0 aliphatic rings. The molecule has 6 nitrogen and oxygen atoms in total. The van der Waals surface area contributed by atoms with Crippen LogP contribution in [0.1, 0.15) is 13.3 Å². The summed E-state index contributed by atoms with van der Waals surface area (Å²) in [6.45, 7) is 1.73. The lowest BCUT2D eigenvalue weighted by atomic mass is 10.3. The van der Waals surface area contributed by atoms with E-state index < -0.39 is 5.97 Å². The molecule has 1 rings (SSSR count). The number of ketones is 1. The number of esters is 1. The van der Waals surface area contributed by atoms with Crippen LogP contribution in [0.2, 0.25) is 0 Å². The van der Waals surface area contributed by atoms with Gasteiger partial charge in [0.2, 0.25) is 0 Å². The van der Waals surface area contributed by atoms with Crippen molar-refractivity contribution in [2.45, 2.75) is 19.9 Å². The molecule has 0 spiro atoms. The molecule has 0 saturated heterocycles. The minimum Gasteiger partial charge on any atom is -0.466 e. The maximum atomic E-state index is 11.4. The van der Waals surface area contributed by atoms with Crippen LogP contribution in [-0.2, 0) is 20.9 Å². The van der Waals surface area contributed by atoms with Crippen LogP contribution in [0.25, 0.3) is 0 Å². The van der Waals surface area contributed by atoms with E-state index in [1.54, 1.807) is 6.92 Å². The molecule has 0 saturated carbocycles. The Morgan fingerprint density at radius 3 is 2.88 bits per heavy atom. The first-order chi connectivity index (χ1) is 7.63. The largest absolute Gasteiger partial charge is 0.466 e. The summed E-state index contributed by atoms with van der Waals surface area (Å²) in [7, 11) is 0. The molecule has 1 aromatic rings. The number of carbonyl (C=O) groups excluding carboxylic acids is 2.